The van der Waals surface area contributed by atoms with E-state index in [2.05, 4.69) is 9.88 Å². The molecule has 4 nitrogen and oxygen atoms in total. The molecule has 2 N–H and O–H groups in total. The highest BCUT2D eigenvalue weighted by molar-refractivity contribution is 5.49. The minimum Gasteiger partial charge on any atom is -0.396 e. The standard InChI is InChI=1S/C14H22N2O2/c1-11(18)13-7-2-8-15-14(13)16-9-3-5-12(16)6-4-10-17/h2,7-8,11-12,17-18H,3-6,9-10H2,1H3. The summed E-state index contributed by atoms with van der Waals surface area (Å²) in [4.78, 5) is 6.73. The Labute approximate surface area is 108 Å². The van der Waals surface area contributed by atoms with Crippen molar-refractivity contribution in [2.75, 3.05) is 18.1 Å². The lowest BCUT2D eigenvalue weighted by molar-refractivity contribution is 0.199. The van der Waals surface area contributed by atoms with Crippen LogP contribution in [0.5, 0.6) is 0 Å². The van der Waals surface area contributed by atoms with Gasteiger partial charge in [0.1, 0.15) is 5.82 Å². The molecule has 1 fully saturated rings. The topological polar surface area (TPSA) is 56.6 Å². The zero-order chi connectivity index (χ0) is 13.0. The van der Waals surface area contributed by atoms with Crippen LogP contribution in [-0.4, -0.2) is 34.4 Å². The fourth-order valence-corrected chi connectivity index (χ4v) is 2.72. The van der Waals surface area contributed by atoms with Crippen molar-refractivity contribution >= 4 is 5.82 Å². The Bertz CT molecular complexity index is 382. The Kier molecular flexibility index (Phi) is 4.55. The van der Waals surface area contributed by atoms with Crippen LogP contribution in [0.4, 0.5) is 5.82 Å². The zero-order valence-electron chi connectivity index (χ0n) is 10.9. The second-order valence-electron chi connectivity index (χ2n) is 4.95. The number of pyridine rings is 1. The molecule has 0 radical (unpaired) electrons. The van der Waals surface area contributed by atoms with E-state index in [9.17, 15) is 5.11 Å². The number of nitrogens with zero attached hydrogens (tertiary/aromatic N) is 2. The Morgan fingerprint density at radius 3 is 3.11 bits per heavy atom. The summed E-state index contributed by atoms with van der Waals surface area (Å²) in [6.07, 6.45) is 5.42. The second-order valence-corrected chi connectivity index (χ2v) is 4.95. The van der Waals surface area contributed by atoms with Crippen molar-refractivity contribution in [2.24, 2.45) is 0 Å². The summed E-state index contributed by atoms with van der Waals surface area (Å²) in [5.74, 6) is 0.910. The summed E-state index contributed by atoms with van der Waals surface area (Å²) in [6.45, 7) is 3.02. The molecule has 2 atom stereocenters. The van der Waals surface area contributed by atoms with Crippen molar-refractivity contribution in [2.45, 2.75) is 44.8 Å². The Balaban J connectivity index is 2.19. The average molecular weight is 250 g/mol. The van der Waals surface area contributed by atoms with E-state index in [4.69, 9.17) is 5.11 Å². The number of aromatic nitrogens is 1. The third kappa shape index (κ3) is 2.82. The molecule has 1 aliphatic rings. The van der Waals surface area contributed by atoms with E-state index in [1.54, 1.807) is 13.1 Å². The molecule has 2 unspecified atom stereocenters. The summed E-state index contributed by atoms with van der Waals surface area (Å²) in [5, 5.41) is 18.8. The first-order valence-corrected chi connectivity index (χ1v) is 6.74. The highest BCUT2D eigenvalue weighted by Crippen LogP contribution is 2.31. The van der Waals surface area contributed by atoms with Crippen molar-refractivity contribution < 1.29 is 10.2 Å². The van der Waals surface area contributed by atoms with Gasteiger partial charge in [0, 0.05) is 31.0 Å². The minimum atomic E-state index is -0.493. The third-order valence-electron chi connectivity index (χ3n) is 3.61. The number of aliphatic hydroxyl groups is 2. The van der Waals surface area contributed by atoms with Crippen LogP contribution in [0.3, 0.4) is 0 Å². The molecule has 0 saturated carbocycles. The lowest BCUT2D eigenvalue weighted by atomic mass is 10.1. The van der Waals surface area contributed by atoms with Crippen molar-refractivity contribution in [1.29, 1.82) is 0 Å². The SMILES string of the molecule is CC(O)c1cccnc1N1CCCC1CCCO. The first-order valence-electron chi connectivity index (χ1n) is 6.74. The first kappa shape index (κ1) is 13.3. The van der Waals surface area contributed by atoms with Gasteiger partial charge in [0.05, 0.1) is 6.10 Å². The Morgan fingerprint density at radius 2 is 2.39 bits per heavy atom. The molecular formula is C14H22N2O2. The number of hydrogen-bond acceptors (Lipinski definition) is 4. The quantitative estimate of drug-likeness (QED) is 0.837. The lowest BCUT2D eigenvalue weighted by Gasteiger charge is -2.28. The average Bonchev–Trinajstić information content (AvgIpc) is 2.84. The first-order chi connectivity index (χ1) is 8.74. The third-order valence-corrected chi connectivity index (χ3v) is 3.61. The van der Waals surface area contributed by atoms with Crippen molar-refractivity contribution in [3.63, 3.8) is 0 Å². The van der Waals surface area contributed by atoms with E-state index >= 15 is 0 Å². The van der Waals surface area contributed by atoms with Crippen LogP contribution in [0.25, 0.3) is 0 Å². The number of anilines is 1. The maximum Gasteiger partial charge on any atom is 0.134 e. The molecule has 2 rings (SSSR count). The number of rotatable bonds is 5. The van der Waals surface area contributed by atoms with Gasteiger partial charge in [-0.05, 0) is 38.7 Å². The predicted octanol–water partition coefficient (Wildman–Crippen LogP) is 1.88. The van der Waals surface area contributed by atoms with E-state index in [0.717, 1.165) is 43.6 Å². The maximum absolute atomic E-state index is 9.82. The molecule has 0 spiro atoms. The maximum atomic E-state index is 9.82. The van der Waals surface area contributed by atoms with E-state index in [0.29, 0.717) is 6.04 Å². The Hall–Kier alpha value is -1.13. The molecule has 1 saturated heterocycles. The van der Waals surface area contributed by atoms with Crippen molar-refractivity contribution in [1.82, 2.24) is 4.98 Å². The normalized spacial score (nSPS) is 21.3. The van der Waals surface area contributed by atoms with Crippen LogP contribution in [0.15, 0.2) is 18.3 Å². The van der Waals surface area contributed by atoms with E-state index in [1.807, 2.05) is 12.1 Å². The monoisotopic (exact) mass is 250 g/mol. The molecule has 1 aromatic heterocycles. The largest absolute Gasteiger partial charge is 0.396 e. The molecule has 0 aliphatic carbocycles. The lowest BCUT2D eigenvalue weighted by Crippen LogP contribution is -2.31. The second kappa shape index (κ2) is 6.16. The van der Waals surface area contributed by atoms with Gasteiger partial charge in [0.25, 0.3) is 0 Å². The van der Waals surface area contributed by atoms with E-state index in [1.165, 1.54) is 0 Å². The molecule has 4 heteroatoms. The number of hydrogen-bond donors (Lipinski definition) is 2. The highest BCUT2D eigenvalue weighted by atomic mass is 16.3. The molecule has 2 heterocycles. The summed E-state index contributed by atoms with van der Waals surface area (Å²) in [7, 11) is 0. The fourth-order valence-electron chi connectivity index (χ4n) is 2.72. The van der Waals surface area contributed by atoms with Crippen LogP contribution in [0.1, 0.15) is 44.3 Å². The van der Waals surface area contributed by atoms with Gasteiger partial charge in [0.2, 0.25) is 0 Å². The summed E-state index contributed by atoms with van der Waals surface area (Å²) in [6, 6.07) is 4.25. The minimum absolute atomic E-state index is 0.246. The van der Waals surface area contributed by atoms with Gasteiger partial charge in [-0.15, -0.1) is 0 Å². The summed E-state index contributed by atoms with van der Waals surface area (Å²) < 4.78 is 0. The predicted molar refractivity (Wildman–Crippen MR) is 71.6 cm³/mol. The van der Waals surface area contributed by atoms with Crippen LogP contribution in [0, 0.1) is 0 Å². The van der Waals surface area contributed by atoms with Crippen molar-refractivity contribution in [3.05, 3.63) is 23.9 Å². The highest BCUT2D eigenvalue weighted by Gasteiger charge is 2.27. The number of aliphatic hydroxyl groups excluding tert-OH is 2. The van der Waals surface area contributed by atoms with Crippen LogP contribution < -0.4 is 4.90 Å². The van der Waals surface area contributed by atoms with Crippen molar-refractivity contribution in [3.8, 4) is 0 Å². The zero-order valence-corrected chi connectivity index (χ0v) is 10.9. The van der Waals surface area contributed by atoms with Gasteiger partial charge in [-0.2, -0.15) is 0 Å². The molecule has 18 heavy (non-hydrogen) atoms. The van der Waals surface area contributed by atoms with E-state index < -0.39 is 6.10 Å². The molecular weight excluding hydrogens is 228 g/mol. The van der Waals surface area contributed by atoms with Gasteiger partial charge in [0.15, 0.2) is 0 Å². The Morgan fingerprint density at radius 1 is 1.56 bits per heavy atom. The van der Waals surface area contributed by atoms with Gasteiger partial charge in [-0.1, -0.05) is 6.07 Å². The van der Waals surface area contributed by atoms with Crippen LogP contribution in [-0.2, 0) is 0 Å². The summed E-state index contributed by atoms with van der Waals surface area (Å²) >= 11 is 0. The van der Waals surface area contributed by atoms with Gasteiger partial charge < -0.3 is 15.1 Å². The molecule has 0 amide bonds. The van der Waals surface area contributed by atoms with Gasteiger partial charge in [-0.3, -0.25) is 0 Å². The fraction of sp³-hybridized carbons (Fsp3) is 0.643. The molecule has 100 valence electrons. The van der Waals surface area contributed by atoms with Gasteiger partial charge in [-0.25, -0.2) is 4.98 Å². The molecule has 0 bridgehead atoms. The van der Waals surface area contributed by atoms with Crippen LogP contribution in [0.2, 0.25) is 0 Å². The van der Waals surface area contributed by atoms with E-state index in [-0.39, 0.29) is 6.61 Å². The molecule has 1 aliphatic heterocycles. The molecule has 0 aromatic carbocycles. The smallest absolute Gasteiger partial charge is 0.134 e. The van der Waals surface area contributed by atoms with Crippen LogP contribution >= 0.6 is 0 Å². The molecule has 1 aromatic rings. The summed E-state index contributed by atoms with van der Waals surface area (Å²) in [5.41, 5.74) is 0.897. The van der Waals surface area contributed by atoms with Gasteiger partial charge >= 0.3 is 0 Å².